The predicted molar refractivity (Wildman–Crippen MR) is 70.8 cm³/mol. The van der Waals surface area contributed by atoms with Crippen LogP contribution < -0.4 is 5.32 Å². The van der Waals surface area contributed by atoms with Crippen molar-refractivity contribution in [2.75, 3.05) is 6.54 Å². The van der Waals surface area contributed by atoms with Gasteiger partial charge in [0.05, 0.1) is 6.20 Å². The number of pyridine rings is 1. The smallest absolute Gasteiger partial charge is 0.141 e. The van der Waals surface area contributed by atoms with Crippen molar-refractivity contribution in [2.24, 2.45) is 0 Å². The second-order valence-electron chi connectivity index (χ2n) is 4.36. The van der Waals surface area contributed by atoms with Gasteiger partial charge in [-0.1, -0.05) is 24.3 Å². The highest BCUT2D eigenvalue weighted by Gasteiger charge is 1.98. The lowest BCUT2D eigenvalue weighted by atomic mass is 10.1. The normalized spacial score (nSPS) is 10.6. The van der Waals surface area contributed by atoms with Gasteiger partial charge in [0.15, 0.2) is 0 Å². The average Bonchev–Trinajstić information content (AvgIpc) is 2.37. The zero-order valence-corrected chi connectivity index (χ0v) is 10.5. The summed E-state index contributed by atoms with van der Waals surface area (Å²) in [5, 5.41) is 3.30. The fourth-order valence-corrected chi connectivity index (χ4v) is 1.90. The molecule has 0 bridgehead atoms. The first kappa shape index (κ1) is 12.7. The Morgan fingerprint density at radius 2 is 2.06 bits per heavy atom. The Balaban J connectivity index is 1.78. The number of rotatable bonds is 5. The minimum Gasteiger partial charge on any atom is -0.312 e. The fraction of sp³-hybridized carbons (Fsp3) is 0.267. The maximum absolute atomic E-state index is 12.9. The first-order valence-corrected chi connectivity index (χ1v) is 6.10. The molecule has 94 valence electrons. The van der Waals surface area contributed by atoms with Crippen molar-refractivity contribution in [1.29, 1.82) is 0 Å². The maximum Gasteiger partial charge on any atom is 0.141 e. The van der Waals surface area contributed by atoms with Gasteiger partial charge in [0.1, 0.15) is 5.82 Å². The van der Waals surface area contributed by atoms with Crippen LogP contribution in [0.5, 0.6) is 0 Å². The molecule has 0 saturated carbocycles. The summed E-state index contributed by atoms with van der Waals surface area (Å²) in [7, 11) is 0. The van der Waals surface area contributed by atoms with Crippen molar-refractivity contribution in [1.82, 2.24) is 10.3 Å². The molecule has 0 aliphatic rings. The van der Waals surface area contributed by atoms with Gasteiger partial charge in [-0.25, -0.2) is 4.39 Å². The van der Waals surface area contributed by atoms with Gasteiger partial charge in [-0.2, -0.15) is 0 Å². The zero-order valence-electron chi connectivity index (χ0n) is 10.5. The summed E-state index contributed by atoms with van der Waals surface area (Å²) in [6, 6.07) is 9.86. The Bertz CT molecular complexity index is 511. The van der Waals surface area contributed by atoms with Crippen LogP contribution in [0.2, 0.25) is 0 Å². The molecule has 0 radical (unpaired) electrons. The zero-order chi connectivity index (χ0) is 12.8. The largest absolute Gasteiger partial charge is 0.312 e. The van der Waals surface area contributed by atoms with E-state index in [1.54, 1.807) is 6.20 Å². The lowest BCUT2D eigenvalue weighted by Crippen LogP contribution is -2.17. The second-order valence-corrected chi connectivity index (χ2v) is 4.36. The molecule has 1 aromatic heterocycles. The Morgan fingerprint density at radius 3 is 2.83 bits per heavy atom. The van der Waals surface area contributed by atoms with Gasteiger partial charge in [0, 0.05) is 12.7 Å². The van der Waals surface area contributed by atoms with E-state index in [1.807, 2.05) is 6.07 Å². The molecule has 1 aromatic carbocycles. The van der Waals surface area contributed by atoms with E-state index in [1.165, 1.54) is 23.4 Å². The molecule has 0 atom stereocenters. The predicted octanol–water partition coefficient (Wildman–Crippen LogP) is 2.86. The topological polar surface area (TPSA) is 24.9 Å². The Morgan fingerprint density at radius 1 is 1.22 bits per heavy atom. The van der Waals surface area contributed by atoms with E-state index in [2.05, 4.69) is 35.4 Å². The first-order chi connectivity index (χ1) is 8.75. The quantitative estimate of drug-likeness (QED) is 0.818. The molecule has 1 heterocycles. The van der Waals surface area contributed by atoms with Gasteiger partial charge >= 0.3 is 0 Å². The molecule has 3 heteroatoms. The first-order valence-electron chi connectivity index (χ1n) is 6.10. The second kappa shape index (κ2) is 6.26. The molecule has 1 N–H and O–H groups in total. The molecule has 0 saturated heterocycles. The number of halogens is 1. The van der Waals surface area contributed by atoms with Crippen LogP contribution >= 0.6 is 0 Å². The summed E-state index contributed by atoms with van der Waals surface area (Å²) in [6.07, 6.45) is 3.89. The number of aromatic nitrogens is 1. The van der Waals surface area contributed by atoms with Crippen LogP contribution in [0.1, 0.15) is 16.7 Å². The van der Waals surface area contributed by atoms with Crippen LogP contribution in [0.15, 0.2) is 42.7 Å². The number of nitrogens with zero attached hydrogens (tertiary/aromatic N) is 1. The third-order valence-electron chi connectivity index (χ3n) is 2.92. The monoisotopic (exact) mass is 244 g/mol. The molecule has 2 nitrogen and oxygen atoms in total. The lowest BCUT2D eigenvalue weighted by Gasteiger charge is -2.07. The summed E-state index contributed by atoms with van der Waals surface area (Å²) < 4.78 is 12.9. The third kappa shape index (κ3) is 3.64. The highest BCUT2D eigenvalue weighted by Crippen LogP contribution is 2.07. The maximum atomic E-state index is 12.9. The number of benzene rings is 1. The summed E-state index contributed by atoms with van der Waals surface area (Å²) in [5.41, 5.74) is 3.54. The van der Waals surface area contributed by atoms with Crippen LogP contribution in [0.4, 0.5) is 4.39 Å². The minimum atomic E-state index is -0.284. The molecule has 0 aliphatic carbocycles. The molecular weight excluding hydrogens is 227 g/mol. The summed E-state index contributed by atoms with van der Waals surface area (Å²) in [5.74, 6) is -0.284. The third-order valence-corrected chi connectivity index (χ3v) is 2.92. The van der Waals surface area contributed by atoms with Crippen LogP contribution in [-0.2, 0) is 13.0 Å². The van der Waals surface area contributed by atoms with E-state index in [0.717, 1.165) is 18.5 Å². The number of aryl methyl sites for hydroxylation is 1. The van der Waals surface area contributed by atoms with Gasteiger partial charge in [0.25, 0.3) is 0 Å². The molecule has 2 rings (SSSR count). The Kier molecular flexibility index (Phi) is 4.42. The van der Waals surface area contributed by atoms with E-state index < -0.39 is 0 Å². The molecule has 18 heavy (non-hydrogen) atoms. The molecule has 2 aromatic rings. The van der Waals surface area contributed by atoms with Crippen LogP contribution in [-0.4, -0.2) is 11.5 Å². The summed E-state index contributed by atoms with van der Waals surface area (Å²) in [6.45, 7) is 3.64. The van der Waals surface area contributed by atoms with E-state index >= 15 is 0 Å². The van der Waals surface area contributed by atoms with Crippen molar-refractivity contribution in [3.8, 4) is 0 Å². The van der Waals surface area contributed by atoms with Crippen molar-refractivity contribution in [2.45, 2.75) is 19.9 Å². The van der Waals surface area contributed by atoms with Gasteiger partial charge in [-0.15, -0.1) is 0 Å². The van der Waals surface area contributed by atoms with E-state index in [-0.39, 0.29) is 5.82 Å². The minimum absolute atomic E-state index is 0.284. The van der Waals surface area contributed by atoms with Gasteiger partial charge in [0.2, 0.25) is 0 Å². The number of nitrogens with one attached hydrogen (secondary N) is 1. The number of hydrogen-bond acceptors (Lipinski definition) is 2. The van der Waals surface area contributed by atoms with Crippen molar-refractivity contribution < 1.29 is 4.39 Å². The summed E-state index contributed by atoms with van der Waals surface area (Å²) >= 11 is 0. The lowest BCUT2D eigenvalue weighted by molar-refractivity contribution is 0.612. The molecule has 0 amide bonds. The van der Waals surface area contributed by atoms with Crippen molar-refractivity contribution >= 4 is 0 Å². The van der Waals surface area contributed by atoms with Gasteiger partial charge in [-0.05, 0) is 42.6 Å². The van der Waals surface area contributed by atoms with E-state index in [9.17, 15) is 4.39 Å². The van der Waals surface area contributed by atoms with E-state index in [4.69, 9.17) is 0 Å². The summed E-state index contributed by atoms with van der Waals surface area (Å²) in [4.78, 5) is 3.82. The highest BCUT2D eigenvalue weighted by atomic mass is 19.1. The van der Waals surface area contributed by atoms with Crippen LogP contribution in [0.25, 0.3) is 0 Å². The van der Waals surface area contributed by atoms with Gasteiger partial charge in [-0.3, -0.25) is 4.98 Å². The highest BCUT2D eigenvalue weighted by molar-refractivity contribution is 5.25. The van der Waals surface area contributed by atoms with Gasteiger partial charge < -0.3 is 5.32 Å². The van der Waals surface area contributed by atoms with Crippen molar-refractivity contribution in [3.63, 3.8) is 0 Å². The molecular formula is C15H17FN2. The average molecular weight is 244 g/mol. The molecule has 0 spiro atoms. The van der Waals surface area contributed by atoms with Crippen molar-refractivity contribution in [3.05, 3.63) is 65.2 Å². The molecule has 0 fully saturated rings. The Hall–Kier alpha value is -1.74. The molecule has 0 aliphatic heterocycles. The number of hydrogen-bond donors (Lipinski definition) is 1. The Labute approximate surface area is 107 Å². The van der Waals surface area contributed by atoms with Crippen LogP contribution in [0, 0.1) is 12.7 Å². The SMILES string of the molecule is Cc1ccccc1CCNCc1cncc(F)c1. The fourth-order valence-electron chi connectivity index (χ4n) is 1.90. The van der Waals surface area contributed by atoms with Crippen LogP contribution in [0.3, 0.4) is 0 Å². The standard InChI is InChI=1S/C15H17FN2/c1-12-4-2-3-5-14(12)6-7-17-9-13-8-15(16)11-18-10-13/h2-5,8,10-11,17H,6-7,9H2,1H3. The molecule has 0 unspecified atom stereocenters. The van der Waals surface area contributed by atoms with E-state index in [0.29, 0.717) is 6.54 Å².